The highest BCUT2D eigenvalue weighted by Crippen LogP contribution is 2.38. The van der Waals surface area contributed by atoms with E-state index in [0.717, 1.165) is 31.3 Å². The Hall–Kier alpha value is -3.11. The van der Waals surface area contributed by atoms with Crippen LogP contribution in [0.4, 0.5) is 10.2 Å². The molecule has 4 aromatic rings. The molecule has 0 unspecified atom stereocenters. The summed E-state index contributed by atoms with van der Waals surface area (Å²) < 4.78 is 22.1. The first-order valence-electron chi connectivity index (χ1n) is 12.5. The van der Waals surface area contributed by atoms with Crippen LogP contribution in [-0.2, 0) is 0 Å². The molecule has 0 saturated carbocycles. The molecule has 2 aromatic carbocycles. The van der Waals surface area contributed by atoms with Crippen LogP contribution in [0.3, 0.4) is 0 Å². The van der Waals surface area contributed by atoms with Crippen molar-refractivity contribution in [2.45, 2.75) is 37.5 Å². The number of ether oxygens (including phenoxy) is 1. The van der Waals surface area contributed by atoms with Crippen LogP contribution in [0.15, 0.2) is 42.6 Å². The van der Waals surface area contributed by atoms with Crippen LogP contribution in [0, 0.1) is 5.82 Å². The number of aliphatic hydroxyl groups excluding tert-OH is 2. The summed E-state index contributed by atoms with van der Waals surface area (Å²) >= 11 is 6.52. The normalized spacial score (nSPS) is 20.1. The monoisotopic (exact) mass is 523 g/mol. The summed E-state index contributed by atoms with van der Waals surface area (Å²) in [5.41, 5.74) is 0.788. The fraction of sp³-hybridized carbons (Fsp3) is 0.370. The number of rotatable bonds is 7. The van der Waals surface area contributed by atoms with E-state index in [2.05, 4.69) is 25.2 Å². The van der Waals surface area contributed by atoms with Crippen molar-refractivity contribution in [3.05, 3.63) is 53.4 Å². The summed E-state index contributed by atoms with van der Waals surface area (Å²) in [5.74, 6) is -0.0489. The Bertz CT molecular complexity index is 1450. The number of pyridine rings is 1. The zero-order valence-corrected chi connectivity index (χ0v) is 20.8. The van der Waals surface area contributed by atoms with Gasteiger partial charge in [0, 0.05) is 60.4 Å². The molecule has 0 radical (unpaired) electrons. The molecule has 3 N–H and O–H groups in total. The first-order valence-corrected chi connectivity index (χ1v) is 12.9. The van der Waals surface area contributed by atoms with Gasteiger partial charge >= 0.3 is 6.01 Å². The van der Waals surface area contributed by atoms with Gasteiger partial charge in [-0.15, -0.1) is 0 Å². The molecule has 2 bridgehead atoms. The van der Waals surface area contributed by atoms with Gasteiger partial charge in [0.15, 0.2) is 5.82 Å². The standard InChI is InChI=1S/C27H27ClFN5O3/c28-21-6-2-4-15-3-1-5-19(22(15)21)24-23(29)25-20(11-30-24)26(34-12-16-7-8-17(13-34)31-16)33-27(32-25)37-18(14-36)9-10-35/h1-6,11,16-18,31,35-36H,7-10,12-14H2/t16-,17+,18-/m0/s1. The van der Waals surface area contributed by atoms with Gasteiger partial charge in [0.2, 0.25) is 0 Å². The first kappa shape index (κ1) is 24.2. The zero-order valence-electron chi connectivity index (χ0n) is 20.1. The van der Waals surface area contributed by atoms with E-state index < -0.39 is 11.9 Å². The van der Waals surface area contributed by atoms with Crippen molar-refractivity contribution in [3.8, 4) is 17.3 Å². The van der Waals surface area contributed by atoms with E-state index in [9.17, 15) is 10.2 Å². The number of aliphatic hydroxyl groups is 2. The van der Waals surface area contributed by atoms with E-state index in [4.69, 9.17) is 16.3 Å². The second-order valence-electron chi connectivity index (χ2n) is 9.63. The summed E-state index contributed by atoms with van der Waals surface area (Å²) in [4.78, 5) is 15.7. The molecule has 192 valence electrons. The third-order valence-electron chi connectivity index (χ3n) is 7.20. The van der Waals surface area contributed by atoms with Crippen LogP contribution < -0.4 is 15.0 Å². The van der Waals surface area contributed by atoms with E-state index in [1.54, 1.807) is 18.3 Å². The van der Waals surface area contributed by atoms with Gasteiger partial charge in [-0.05, 0) is 24.3 Å². The number of nitrogens with zero attached hydrogens (tertiary/aromatic N) is 4. The summed E-state index contributed by atoms with van der Waals surface area (Å²) in [6.45, 7) is 0.958. The number of hydrogen-bond acceptors (Lipinski definition) is 8. The van der Waals surface area contributed by atoms with E-state index >= 15 is 4.39 Å². The van der Waals surface area contributed by atoms with Gasteiger partial charge in [-0.3, -0.25) is 4.98 Å². The lowest BCUT2D eigenvalue weighted by atomic mass is 10.0. The quantitative estimate of drug-likeness (QED) is 0.337. The summed E-state index contributed by atoms with van der Waals surface area (Å²) in [5, 5.41) is 25.2. The van der Waals surface area contributed by atoms with E-state index in [1.807, 2.05) is 24.3 Å². The number of piperazine rings is 1. The van der Waals surface area contributed by atoms with Gasteiger partial charge in [0.05, 0.1) is 12.0 Å². The molecule has 6 rings (SSSR count). The topological polar surface area (TPSA) is 104 Å². The molecule has 2 aliphatic heterocycles. The van der Waals surface area contributed by atoms with E-state index in [-0.39, 0.29) is 36.9 Å². The third-order valence-corrected chi connectivity index (χ3v) is 7.51. The van der Waals surface area contributed by atoms with Crippen molar-refractivity contribution in [2.75, 3.05) is 31.2 Å². The van der Waals surface area contributed by atoms with Crippen molar-refractivity contribution in [2.24, 2.45) is 0 Å². The number of fused-ring (bicyclic) bond motifs is 4. The Morgan fingerprint density at radius 2 is 1.86 bits per heavy atom. The smallest absolute Gasteiger partial charge is 0.319 e. The van der Waals surface area contributed by atoms with E-state index in [0.29, 0.717) is 39.3 Å². The molecule has 2 aliphatic rings. The second kappa shape index (κ2) is 9.98. The van der Waals surface area contributed by atoms with Gasteiger partial charge in [-0.1, -0.05) is 41.9 Å². The fourth-order valence-electron chi connectivity index (χ4n) is 5.45. The molecule has 0 aliphatic carbocycles. The molecule has 4 heterocycles. The number of hydrogen-bond donors (Lipinski definition) is 3. The zero-order chi connectivity index (χ0) is 25.5. The average molecular weight is 524 g/mol. The Kier molecular flexibility index (Phi) is 6.54. The largest absolute Gasteiger partial charge is 0.458 e. The maximum Gasteiger partial charge on any atom is 0.319 e. The molecule has 10 heteroatoms. The first-order chi connectivity index (χ1) is 18.1. The van der Waals surface area contributed by atoms with Crippen LogP contribution in [0.2, 0.25) is 5.02 Å². The van der Waals surface area contributed by atoms with Crippen LogP contribution in [0.5, 0.6) is 6.01 Å². The van der Waals surface area contributed by atoms with Gasteiger partial charge in [0.25, 0.3) is 0 Å². The number of benzene rings is 2. The van der Waals surface area contributed by atoms with Crippen molar-refractivity contribution in [3.63, 3.8) is 0 Å². The Labute approximate surface area is 218 Å². The Morgan fingerprint density at radius 3 is 2.59 bits per heavy atom. The molecule has 0 amide bonds. The maximum atomic E-state index is 16.3. The lowest BCUT2D eigenvalue weighted by molar-refractivity contribution is 0.0832. The highest BCUT2D eigenvalue weighted by molar-refractivity contribution is 6.36. The predicted octanol–water partition coefficient (Wildman–Crippen LogP) is 3.70. The van der Waals surface area contributed by atoms with Crippen molar-refractivity contribution in [1.29, 1.82) is 0 Å². The number of halogens is 2. The van der Waals surface area contributed by atoms with E-state index in [1.165, 1.54) is 0 Å². The lowest BCUT2D eigenvalue weighted by Crippen LogP contribution is -2.51. The third kappa shape index (κ3) is 4.46. The predicted molar refractivity (Wildman–Crippen MR) is 141 cm³/mol. The lowest BCUT2D eigenvalue weighted by Gasteiger charge is -2.34. The molecule has 2 fully saturated rings. The van der Waals surface area contributed by atoms with Gasteiger partial charge in [-0.2, -0.15) is 9.97 Å². The molecule has 2 saturated heterocycles. The number of aromatic nitrogens is 3. The highest BCUT2D eigenvalue weighted by atomic mass is 35.5. The summed E-state index contributed by atoms with van der Waals surface area (Å²) in [6.07, 6.45) is 3.26. The van der Waals surface area contributed by atoms with Gasteiger partial charge in [-0.25, -0.2) is 4.39 Å². The fourth-order valence-corrected chi connectivity index (χ4v) is 5.73. The second-order valence-corrected chi connectivity index (χ2v) is 10.0. The summed E-state index contributed by atoms with van der Waals surface area (Å²) in [6, 6.07) is 11.7. The van der Waals surface area contributed by atoms with Crippen LogP contribution in [-0.4, -0.2) is 69.7 Å². The molecular weight excluding hydrogens is 497 g/mol. The molecule has 0 spiro atoms. The molecule has 3 atom stereocenters. The van der Waals surface area contributed by atoms with Crippen molar-refractivity contribution < 1.29 is 19.3 Å². The molecular formula is C27H27ClFN5O3. The molecule has 37 heavy (non-hydrogen) atoms. The molecule has 8 nitrogen and oxygen atoms in total. The minimum atomic E-state index is -0.712. The van der Waals surface area contributed by atoms with Crippen LogP contribution in [0.25, 0.3) is 32.9 Å². The maximum absolute atomic E-state index is 16.3. The highest BCUT2D eigenvalue weighted by Gasteiger charge is 2.34. The summed E-state index contributed by atoms with van der Waals surface area (Å²) in [7, 11) is 0. The minimum absolute atomic E-state index is 0.0483. The number of anilines is 1. The average Bonchev–Trinajstić information content (AvgIpc) is 3.25. The van der Waals surface area contributed by atoms with Crippen LogP contribution >= 0.6 is 11.6 Å². The minimum Gasteiger partial charge on any atom is -0.458 e. The molecule has 2 aromatic heterocycles. The van der Waals surface area contributed by atoms with Crippen molar-refractivity contribution in [1.82, 2.24) is 20.3 Å². The SMILES string of the molecule is OCC[C@@H](CO)Oc1nc(N2C[C@H]3CC[C@@H](C2)N3)c2cnc(-c3cccc4cccc(Cl)c34)c(F)c2n1. The van der Waals surface area contributed by atoms with Crippen molar-refractivity contribution >= 4 is 39.1 Å². The van der Waals surface area contributed by atoms with Crippen LogP contribution in [0.1, 0.15) is 19.3 Å². The Morgan fingerprint density at radius 1 is 1.11 bits per heavy atom. The Balaban J connectivity index is 1.52. The van der Waals surface area contributed by atoms with Gasteiger partial charge in [0.1, 0.15) is 23.1 Å². The number of nitrogens with one attached hydrogen (secondary N) is 1. The van der Waals surface area contributed by atoms with Gasteiger partial charge < -0.3 is 25.2 Å².